The molecule has 100 valence electrons. The molecule has 0 aromatic carbocycles. The molecule has 0 spiro atoms. The van der Waals surface area contributed by atoms with Gasteiger partial charge in [0.2, 0.25) is 5.91 Å². The molecule has 0 heterocycles. The zero-order valence-electron chi connectivity index (χ0n) is 11.6. The lowest BCUT2D eigenvalue weighted by atomic mass is 9.79. The molecular weight excluding hydrogens is 212 g/mol. The second kappa shape index (κ2) is 6.39. The summed E-state index contributed by atoms with van der Waals surface area (Å²) in [5, 5.41) is 3.15. The SMILES string of the molecule is CC(C)C(C)NC(=O)C1(CN)CCCCCC1. The molecule has 1 saturated carbocycles. The zero-order chi connectivity index (χ0) is 12.9. The van der Waals surface area contributed by atoms with Crippen molar-refractivity contribution in [1.29, 1.82) is 0 Å². The van der Waals surface area contributed by atoms with Crippen LogP contribution in [0.1, 0.15) is 59.3 Å². The van der Waals surface area contributed by atoms with E-state index in [1.54, 1.807) is 0 Å². The van der Waals surface area contributed by atoms with Gasteiger partial charge in [-0.15, -0.1) is 0 Å². The lowest BCUT2D eigenvalue weighted by Crippen LogP contribution is -2.49. The van der Waals surface area contributed by atoms with Crippen LogP contribution in [0, 0.1) is 11.3 Å². The van der Waals surface area contributed by atoms with Gasteiger partial charge in [0.25, 0.3) is 0 Å². The van der Waals surface area contributed by atoms with E-state index in [0.29, 0.717) is 12.5 Å². The van der Waals surface area contributed by atoms with Crippen LogP contribution in [0.4, 0.5) is 0 Å². The summed E-state index contributed by atoms with van der Waals surface area (Å²) >= 11 is 0. The Morgan fingerprint density at radius 3 is 2.12 bits per heavy atom. The fourth-order valence-electron chi connectivity index (χ4n) is 2.46. The Bertz CT molecular complexity index is 243. The first-order chi connectivity index (χ1) is 8.02. The molecule has 1 aliphatic rings. The van der Waals surface area contributed by atoms with Crippen LogP contribution in [0.25, 0.3) is 0 Å². The van der Waals surface area contributed by atoms with Crippen molar-refractivity contribution in [3.8, 4) is 0 Å². The third-order valence-corrected chi connectivity index (χ3v) is 4.29. The topological polar surface area (TPSA) is 55.1 Å². The van der Waals surface area contributed by atoms with Gasteiger partial charge in [0.1, 0.15) is 0 Å². The average Bonchev–Trinajstić information content (AvgIpc) is 2.54. The van der Waals surface area contributed by atoms with E-state index < -0.39 is 0 Å². The zero-order valence-corrected chi connectivity index (χ0v) is 11.6. The van der Waals surface area contributed by atoms with Crippen molar-refractivity contribution in [1.82, 2.24) is 5.32 Å². The first-order valence-electron chi connectivity index (χ1n) is 7.03. The second-order valence-electron chi connectivity index (χ2n) is 5.90. The number of hydrogen-bond donors (Lipinski definition) is 2. The third-order valence-electron chi connectivity index (χ3n) is 4.29. The third kappa shape index (κ3) is 3.70. The summed E-state index contributed by atoms with van der Waals surface area (Å²) < 4.78 is 0. The molecule has 0 aromatic rings. The highest BCUT2D eigenvalue weighted by Crippen LogP contribution is 2.34. The molecule has 3 heteroatoms. The van der Waals surface area contributed by atoms with E-state index in [1.165, 1.54) is 12.8 Å². The Balaban J connectivity index is 2.67. The van der Waals surface area contributed by atoms with Gasteiger partial charge in [-0.2, -0.15) is 0 Å². The standard InChI is InChI=1S/C14H28N2O/c1-11(2)12(3)16-13(17)14(10-15)8-6-4-5-7-9-14/h11-12H,4-10,15H2,1-3H3,(H,16,17). The van der Waals surface area contributed by atoms with Crippen molar-refractivity contribution < 1.29 is 4.79 Å². The quantitative estimate of drug-likeness (QED) is 0.742. The first kappa shape index (κ1) is 14.5. The fraction of sp³-hybridized carbons (Fsp3) is 0.929. The molecule has 3 nitrogen and oxygen atoms in total. The van der Waals surface area contributed by atoms with Crippen molar-refractivity contribution in [2.24, 2.45) is 17.1 Å². The molecule has 0 radical (unpaired) electrons. The van der Waals surface area contributed by atoms with E-state index in [1.807, 2.05) is 0 Å². The number of hydrogen-bond acceptors (Lipinski definition) is 2. The minimum atomic E-state index is -0.292. The van der Waals surface area contributed by atoms with E-state index in [0.717, 1.165) is 25.7 Å². The predicted molar refractivity (Wildman–Crippen MR) is 71.6 cm³/mol. The molecule has 1 unspecified atom stereocenters. The summed E-state index contributed by atoms with van der Waals surface area (Å²) in [6, 6.07) is 0.231. The van der Waals surface area contributed by atoms with Gasteiger partial charge in [-0.25, -0.2) is 0 Å². The lowest BCUT2D eigenvalue weighted by Gasteiger charge is -2.32. The van der Waals surface area contributed by atoms with Crippen molar-refractivity contribution in [2.45, 2.75) is 65.3 Å². The van der Waals surface area contributed by atoms with Crippen LogP contribution < -0.4 is 11.1 Å². The van der Waals surface area contributed by atoms with Crippen LogP contribution in [-0.2, 0) is 4.79 Å². The summed E-state index contributed by atoms with van der Waals surface area (Å²) in [7, 11) is 0. The van der Waals surface area contributed by atoms with Crippen molar-refractivity contribution in [3.63, 3.8) is 0 Å². The molecule has 1 aliphatic carbocycles. The molecule has 1 fully saturated rings. The maximum Gasteiger partial charge on any atom is 0.227 e. The lowest BCUT2D eigenvalue weighted by molar-refractivity contribution is -0.132. The number of nitrogens with two attached hydrogens (primary N) is 1. The molecule has 1 rings (SSSR count). The number of carbonyl (C=O) groups is 1. The van der Waals surface area contributed by atoms with E-state index in [-0.39, 0.29) is 17.4 Å². The van der Waals surface area contributed by atoms with Gasteiger partial charge >= 0.3 is 0 Å². The van der Waals surface area contributed by atoms with Crippen LogP contribution in [0.2, 0.25) is 0 Å². The maximum absolute atomic E-state index is 12.4. The van der Waals surface area contributed by atoms with E-state index in [4.69, 9.17) is 5.73 Å². The van der Waals surface area contributed by atoms with Gasteiger partial charge in [0.15, 0.2) is 0 Å². The van der Waals surface area contributed by atoms with Crippen LogP contribution in [0.15, 0.2) is 0 Å². The summed E-state index contributed by atoms with van der Waals surface area (Å²) in [6.07, 6.45) is 6.69. The molecule has 3 N–H and O–H groups in total. The van der Waals surface area contributed by atoms with Gasteiger partial charge in [0.05, 0.1) is 5.41 Å². The van der Waals surface area contributed by atoms with Gasteiger partial charge in [-0.05, 0) is 25.7 Å². The molecule has 0 aromatic heterocycles. The Morgan fingerprint density at radius 2 is 1.71 bits per heavy atom. The maximum atomic E-state index is 12.4. The Morgan fingerprint density at radius 1 is 1.18 bits per heavy atom. The highest BCUT2D eigenvalue weighted by molar-refractivity contribution is 5.83. The minimum absolute atomic E-state index is 0.183. The molecule has 0 saturated heterocycles. The van der Waals surface area contributed by atoms with Gasteiger partial charge in [-0.3, -0.25) is 4.79 Å². The molecule has 0 bridgehead atoms. The Labute approximate surface area is 106 Å². The number of amides is 1. The summed E-state index contributed by atoms with van der Waals surface area (Å²) in [5.74, 6) is 0.655. The van der Waals surface area contributed by atoms with E-state index >= 15 is 0 Å². The van der Waals surface area contributed by atoms with Crippen molar-refractivity contribution in [2.75, 3.05) is 6.54 Å². The van der Waals surface area contributed by atoms with Gasteiger partial charge in [0, 0.05) is 12.6 Å². The number of rotatable bonds is 4. The number of carbonyl (C=O) groups excluding carboxylic acids is 1. The fourth-order valence-corrected chi connectivity index (χ4v) is 2.46. The molecule has 17 heavy (non-hydrogen) atoms. The van der Waals surface area contributed by atoms with Crippen molar-refractivity contribution >= 4 is 5.91 Å². The van der Waals surface area contributed by atoms with Crippen molar-refractivity contribution in [3.05, 3.63) is 0 Å². The van der Waals surface area contributed by atoms with Crippen LogP contribution in [0.3, 0.4) is 0 Å². The first-order valence-corrected chi connectivity index (χ1v) is 7.03. The highest BCUT2D eigenvalue weighted by Gasteiger charge is 2.37. The van der Waals surface area contributed by atoms with Gasteiger partial charge < -0.3 is 11.1 Å². The molecule has 0 aliphatic heterocycles. The molecule has 1 atom stereocenters. The van der Waals surface area contributed by atoms with Crippen LogP contribution in [-0.4, -0.2) is 18.5 Å². The van der Waals surface area contributed by atoms with E-state index in [9.17, 15) is 4.79 Å². The van der Waals surface area contributed by atoms with Gasteiger partial charge in [-0.1, -0.05) is 39.5 Å². The summed E-state index contributed by atoms with van der Waals surface area (Å²) in [5.41, 5.74) is 5.61. The van der Waals surface area contributed by atoms with E-state index in [2.05, 4.69) is 26.1 Å². The van der Waals surface area contributed by atoms with Crippen LogP contribution in [0.5, 0.6) is 0 Å². The minimum Gasteiger partial charge on any atom is -0.353 e. The highest BCUT2D eigenvalue weighted by atomic mass is 16.2. The number of nitrogens with one attached hydrogen (secondary N) is 1. The normalized spacial score (nSPS) is 21.9. The summed E-state index contributed by atoms with van der Waals surface area (Å²) in [4.78, 5) is 12.4. The largest absolute Gasteiger partial charge is 0.353 e. The molecular formula is C14H28N2O. The van der Waals surface area contributed by atoms with Crippen LogP contribution >= 0.6 is 0 Å². The Hall–Kier alpha value is -0.570. The Kier molecular flexibility index (Phi) is 5.44. The monoisotopic (exact) mass is 240 g/mol. The smallest absolute Gasteiger partial charge is 0.227 e. The second-order valence-corrected chi connectivity index (χ2v) is 5.90. The predicted octanol–water partition coefficient (Wildman–Crippen LogP) is 2.45. The summed E-state index contributed by atoms with van der Waals surface area (Å²) in [6.45, 7) is 6.83. The molecule has 1 amide bonds. The average molecular weight is 240 g/mol.